The zero-order valence-corrected chi connectivity index (χ0v) is 12.3. The van der Waals surface area contributed by atoms with Gasteiger partial charge in [-0.05, 0) is 30.2 Å². The van der Waals surface area contributed by atoms with Crippen LogP contribution in [0.3, 0.4) is 0 Å². The van der Waals surface area contributed by atoms with Gasteiger partial charge in [0.2, 0.25) is 0 Å². The molecule has 1 heterocycles. The van der Waals surface area contributed by atoms with Gasteiger partial charge < -0.3 is 10.4 Å². The lowest BCUT2D eigenvalue weighted by molar-refractivity contribution is 0.279. The first kappa shape index (κ1) is 14.5. The van der Waals surface area contributed by atoms with E-state index in [4.69, 9.17) is 5.26 Å². The smallest absolute Gasteiger partial charge is 0.144 e. The van der Waals surface area contributed by atoms with Crippen molar-refractivity contribution in [3.05, 3.63) is 58.2 Å². The van der Waals surface area contributed by atoms with Gasteiger partial charge in [0.1, 0.15) is 11.9 Å². The summed E-state index contributed by atoms with van der Waals surface area (Å²) in [5, 5.41) is 21.6. The molecule has 0 spiro atoms. The third-order valence-electron chi connectivity index (χ3n) is 2.94. The number of nitrogens with one attached hydrogen (secondary N) is 1. The van der Waals surface area contributed by atoms with Gasteiger partial charge in [-0.3, -0.25) is 0 Å². The Labute approximate surface area is 126 Å². The second-order valence-corrected chi connectivity index (χ2v) is 5.10. The number of hydrogen-bond donors (Lipinski definition) is 2. The molecule has 0 bridgehead atoms. The minimum atomic E-state index is -0.113. The van der Waals surface area contributed by atoms with E-state index in [0.717, 1.165) is 10.0 Å². The van der Waals surface area contributed by atoms with Gasteiger partial charge in [-0.15, -0.1) is 0 Å². The van der Waals surface area contributed by atoms with Crippen LogP contribution in [-0.4, -0.2) is 16.7 Å². The summed E-state index contributed by atoms with van der Waals surface area (Å²) in [5.41, 5.74) is 1.51. The highest BCUT2D eigenvalue weighted by Gasteiger charge is 2.15. The van der Waals surface area contributed by atoms with Crippen molar-refractivity contribution < 1.29 is 5.11 Å². The summed E-state index contributed by atoms with van der Waals surface area (Å²) in [4.78, 5) is 4.20. The summed E-state index contributed by atoms with van der Waals surface area (Å²) in [5.74, 6) is 0.532. The van der Waals surface area contributed by atoms with E-state index in [2.05, 4.69) is 32.3 Å². The fourth-order valence-corrected chi connectivity index (χ4v) is 2.53. The lowest BCUT2D eigenvalue weighted by Gasteiger charge is -2.20. The zero-order valence-electron chi connectivity index (χ0n) is 10.8. The number of benzene rings is 1. The van der Waals surface area contributed by atoms with E-state index in [-0.39, 0.29) is 12.6 Å². The summed E-state index contributed by atoms with van der Waals surface area (Å²) in [6, 6.07) is 13.2. The molecule has 1 aromatic carbocycles. The van der Waals surface area contributed by atoms with Gasteiger partial charge in [0.05, 0.1) is 11.6 Å². The maximum absolute atomic E-state index is 9.25. The van der Waals surface area contributed by atoms with Crippen molar-refractivity contribution in [2.24, 2.45) is 0 Å². The lowest BCUT2D eigenvalue weighted by Crippen LogP contribution is -2.14. The highest BCUT2D eigenvalue weighted by atomic mass is 79.9. The number of nitriles is 1. The normalized spacial score (nSPS) is 11.7. The Bertz CT molecular complexity index is 619. The third-order valence-corrected chi connectivity index (χ3v) is 3.66. The lowest BCUT2D eigenvalue weighted by atomic mass is 10.0. The number of aromatic nitrogens is 1. The minimum Gasteiger partial charge on any atom is -0.396 e. The quantitative estimate of drug-likeness (QED) is 0.882. The fraction of sp³-hybridized carbons (Fsp3) is 0.200. The van der Waals surface area contributed by atoms with Crippen LogP contribution in [0, 0.1) is 11.3 Å². The van der Waals surface area contributed by atoms with Gasteiger partial charge in [0.25, 0.3) is 0 Å². The van der Waals surface area contributed by atoms with Gasteiger partial charge in [-0.2, -0.15) is 5.26 Å². The maximum atomic E-state index is 9.25. The summed E-state index contributed by atoms with van der Waals surface area (Å²) < 4.78 is 0.959. The third kappa shape index (κ3) is 3.35. The zero-order chi connectivity index (χ0) is 14.4. The highest BCUT2D eigenvalue weighted by molar-refractivity contribution is 9.10. The molecular weight excluding hydrogens is 318 g/mol. The predicted octanol–water partition coefficient (Wildman–Crippen LogP) is 3.25. The minimum absolute atomic E-state index is 0.0493. The van der Waals surface area contributed by atoms with Crippen LogP contribution in [0.4, 0.5) is 5.82 Å². The topological polar surface area (TPSA) is 68.9 Å². The molecule has 2 N–H and O–H groups in total. The number of anilines is 1. The Hall–Kier alpha value is -1.90. The van der Waals surface area contributed by atoms with Gasteiger partial charge >= 0.3 is 0 Å². The van der Waals surface area contributed by atoms with Crippen LogP contribution in [0.1, 0.15) is 23.6 Å². The molecule has 4 nitrogen and oxygen atoms in total. The van der Waals surface area contributed by atoms with Crippen molar-refractivity contribution in [1.29, 1.82) is 5.26 Å². The second-order valence-electron chi connectivity index (χ2n) is 4.24. The molecule has 102 valence electrons. The summed E-state index contributed by atoms with van der Waals surface area (Å²) in [7, 11) is 0. The molecule has 0 saturated heterocycles. The Morgan fingerprint density at radius 2 is 2.10 bits per heavy atom. The van der Waals surface area contributed by atoms with Crippen LogP contribution < -0.4 is 5.32 Å². The molecule has 1 aromatic heterocycles. The van der Waals surface area contributed by atoms with Crippen LogP contribution in [-0.2, 0) is 0 Å². The van der Waals surface area contributed by atoms with E-state index in [1.54, 1.807) is 18.3 Å². The predicted molar refractivity (Wildman–Crippen MR) is 81.2 cm³/mol. The molecule has 0 radical (unpaired) electrons. The first-order valence-corrected chi connectivity index (χ1v) is 7.02. The molecule has 0 amide bonds. The number of halogens is 1. The molecule has 20 heavy (non-hydrogen) atoms. The number of nitrogens with zero attached hydrogens (tertiary/aromatic N) is 2. The molecule has 0 saturated carbocycles. The van der Waals surface area contributed by atoms with E-state index in [1.807, 2.05) is 24.3 Å². The average Bonchev–Trinajstić information content (AvgIpc) is 2.48. The first-order valence-electron chi connectivity index (χ1n) is 6.23. The summed E-state index contributed by atoms with van der Waals surface area (Å²) in [6.45, 7) is 0.0493. The van der Waals surface area contributed by atoms with E-state index in [9.17, 15) is 5.11 Å². The number of hydrogen-bond acceptors (Lipinski definition) is 4. The molecule has 0 fully saturated rings. The second kappa shape index (κ2) is 7.04. The molecular formula is C15H14BrN3O. The van der Waals surface area contributed by atoms with E-state index >= 15 is 0 Å². The van der Waals surface area contributed by atoms with E-state index in [0.29, 0.717) is 17.8 Å². The van der Waals surface area contributed by atoms with Crippen LogP contribution in [0.15, 0.2) is 47.1 Å². The van der Waals surface area contributed by atoms with Crippen molar-refractivity contribution in [3.8, 4) is 6.07 Å². The number of pyridine rings is 1. The molecule has 2 rings (SSSR count). The molecule has 5 heteroatoms. The Kier molecular flexibility index (Phi) is 5.10. The molecule has 1 atom stereocenters. The standard InChI is InChI=1S/C15H14BrN3O/c16-13-6-2-1-5-12(13)14(7-9-20)19-15-11(10-17)4-3-8-18-15/h1-6,8,14,20H,7,9H2,(H,18,19)/t14-/m0/s1. The van der Waals surface area contributed by atoms with Gasteiger partial charge in [-0.25, -0.2) is 4.98 Å². The molecule has 2 aromatic rings. The van der Waals surface area contributed by atoms with Gasteiger partial charge in [0.15, 0.2) is 0 Å². The van der Waals surface area contributed by atoms with Gasteiger partial charge in [0, 0.05) is 17.3 Å². The van der Waals surface area contributed by atoms with Crippen molar-refractivity contribution in [3.63, 3.8) is 0 Å². The summed E-state index contributed by atoms with van der Waals surface area (Å²) in [6.07, 6.45) is 2.17. The summed E-state index contributed by atoms with van der Waals surface area (Å²) >= 11 is 3.51. The SMILES string of the molecule is N#Cc1cccnc1N[C@@H](CCO)c1ccccc1Br. The first-order chi connectivity index (χ1) is 9.76. The molecule has 0 aliphatic carbocycles. The molecule has 0 aliphatic heterocycles. The number of aliphatic hydroxyl groups excluding tert-OH is 1. The average molecular weight is 332 g/mol. The number of aliphatic hydroxyl groups is 1. The molecule has 0 aliphatic rings. The van der Waals surface area contributed by atoms with E-state index < -0.39 is 0 Å². The van der Waals surface area contributed by atoms with Crippen LogP contribution in [0.5, 0.6) is 0 Å². The maximum Gasteiger partial charge on any atom is 0.144 e. The van der Waals surface area contributed by atoms with Crippen LogP contribution in [0.25, 0.3) is 0 Å². The Balaban J connectivity index is 2.31. The van der Waals surface area contributed by atoms with Crippen molar-refractivity contribution >= 4 is 21.7 Å². The highest BCUT2D eigenvalue weighted by Crippen LogP contribution is 2.28. The van der Waals surface area contributed by atoms with Gasteiger partial charge in [-0.1, -0.05) is 34.1 Å². The van der Waals surface area contributed by atoms with Crippen LogP contribution >= 0.6 is 15.9 Å². The largest absolute Gasteiger partial charge is 0.396 e. The van der Waals surface area contributed by atoms with Crippen molar-refractivity contribution in [1.82, 2.24) is 4.98 Å². The molecule has 0 unspecified atom stereocenters. The van der Waals surface area contributed by atoms with Crippen LogP contribution in [0.2, 0.25) is 0 Å². The van der Waals surface area contributed by atoms with E-state index in [1.165, 1.54) is 0 Å². The monoisotopic (exact) mass is 331 g/mol. The number of rotatable bonds is 5. The fourth-order valence-electron chi connectivity index (χ4n) is 1.97. The Morgan fingerprint density at radius 1 is 1.30 bits per heavy atom. The van der Waals surface area contributed by atoms with Crippen molar-refractivity contribution in [2.75, 3.05) is 11.9 Å². The van der Waals surface area contributed by atoms with Crippen molar-refractivity contribution in [2.45, 2.75) is 12.5 Å². The Morgan fingerprint density at radius 3 is 2.80 bits per heavy atom.